The molecule has 3 heterocycles. The molecule has 9 nitrogen and oxygen atoms in total. The monoisotopic (exact) mass is 454 g/mol. The minimum Gasteiger partial charge on any atom is -0.497 e. The molecule has 0 aliphatic carbocycles. The van der Waals surface area contributed by atoms with Crippen LogP contribution in [0.4, 0.5) is 10.9 Å². The number of anilines is 2. The van der Waals surface area contributed by atoms with Gasteiger partial charge in [-0.25, -0.2) is 0 Å². The zero-order valence-electron chi connectivity index (χ0n) is 18.1. The van der Waals surface area contributed by atoms with E-state index in [0.29, 0.717) is 17.4 Å². The van der Waals surface area contributed by atoms with E-state index in [2.05, 4.69) is 30.6 Å². The molecule has 10 heteroatoms. The second-order valence-electron chi connectivity index (χ2n) is 7.59. The number of carbonyl (C=O) groups is 1. The summed E-state index contributed by atoms with van der Waals surface area (Å²) in [4.78, 5) is 15.2. The molecular formula is C22H26N6O3S. The van der Waals surface area contributed by atoms with Crippen molar-refractivity contribution < 1.29 is 14.3 Å². The van der Waals surface area contributed by atoms with Gasteiger partial charge >= 0.3 is 0 Å². The van der Waals surface area contributed by atoms with E-state index in [4.69, 9.17) is 9.47 Å². The van der Waals surface area contributed by atoms with Crippen molar-refractivity contribution in [2.75, 3.05) is 44.1 Å². The molecule has 168 valence electrons. The maximum Gasteiger partial charge on any atom is 0.205 e. The number of rotatable bonds is 10. The number of nitrogens with zero attached hydrogens (tertiary/aromatic N) is 5. The number of carbonyl (C=O) groups excluding carboxylic acids is 1. The van der Waals surface area contributed by atoms with Gasteiger partial charge in [-0.1, -0.05) is 23.5 Å². The first-order chi connectivity index (χ1) is 15.7. The van der Waals surface area contributed by atoms with Gasteiger partial charge < -0.3 is 19.7 Å². The summed E-state index contributed by atoms with van der Waals surface area (Å²) in [5, 5.41) is 21.4. The second kappa shape index (κ2) is 10.5. The summed E-state index contributed by atoms with van der Waals surface area (Å²) in [5.41, 5.74) is 0.870. The van der Waals surface area contributed by atoms with E-state index in [0.717, 1.165) is 36.0 Å². The molecule has 0 spiro atoms. The van der Waals surface area contributed by atoms with Crippen LogP contribution < -0.4 is 15.0 Å². The molecule has 2 atom stereocenters. The van der Waals surface area contributed by atoms with Crippen LogP contribution in [-0.4, -0.2) is 66.1 Å². The van der Waals surface area contributed by atoms with Crippen molar-refractivity contribution in [3.63, 3.8) is 0 Å². The van der Waals surface area contributed by atoms with E-state index in [-0.39, 0.29) is 24.2 Å². The molecule has 1 N–H and O–H groups in total. The Labute approximate surface area is 190 Å². The first-order valence-electron chi connectivity index (χ1n) is 10.4. The number of nitrogens with one attached hydrogen (secondary N) is 1. The average Bonchev–Trinajstić information content (AvgIpc) is 3.48. The molecule has 1 fully saturated rings. The lowest BCUT2D eigenvalue weighted by Gasteiger charge is -2.16. The molecule has 1 aliphatic rings. The minimum atomic E-state index is -0.384. The fourth-order valence-corrected chi connectivity index (χ4v) is 4.60. The predicted octanol–water partition coefficient (Wildman–Crippen LogP) is 2.57. The smallest absolute Gasteiger partial charge is 0.205 e. The maximum atomic E-state index is 13.0. The van der Waals surface area contributed by atoms with Crippen molar-refractivity contribution in [2.45, 2.75) is 24.8 Å². The molecule has 3 aromatic rings. The quantitative estimate of drug-likeness (QED) is 0.495. The number of benzene rings is 1. The molecule has 4 rings (SSSR count). The van der Waals surface area contributed by atoms with Gasteiger partial charge in [-0.3, -0.25) is 4.79 Å². The number of aromatic nitrogens is 4. The Bertz CT molecular complexity index is 1030. The number of hydrogen-bond donors (Lipinski definition) is 1. The fourth-order valence-electron chi connectivity index (χ4n) is 3.78. The summed E-state index contributed by atoms with van der Waals surface area (Å²) in [6.07, 6.45) is 2.85. The minimum absolute atomic E-state index is 0.0393. The summed E-state index contributed by atoms with van der Waals surface area (Å²) in [5.74, 6) is 1.25. The highest BCUT2D eigenvalue weighted by atomic mass is 32.1. The van der Waals surface area contributed by atoms with Gasteiger partial charge in [0.05, 0.1) is 26.1 Å². The number of hydrogen-bond acceptors (Lipinski definition) is 10. The lowest BCUT2D eigenvalue weighted by atomic mass is 9.93. The highest BCUT2D eigenvalue weighted by Gasteiger charge is 2.26. The topological polar surface area (TPSA) is 102 Å². The Morgan fingerprint density at radius 1 is 1.25 bits per heavy atom. The van der Waals surface area contributed by atoms with Crippen LogP contribution in [0.5, 0.6) is 5.75 Å². The van der Waals surface area contributed by atoms with Crippen LogP contribution in [0.15, 0.2) is 42.6 Å². The maximum absolute atomic E-state index is 13.0. The standard InChI is InChI=1S/C22H26N6O3S/c1-30-14-18(15-5-3-6-17(11-15)31-2)19(29)12-21-26-27-22(32-21)24-16-8-10-28(13-16)20-7-4-9-23-25-20/h3-7,9,11,16,18H,8,10,12-14H2,1-2H3,(H,24,27)/t16-,18+/m1/s1. The van der Waals surface area contributed by atoms with Crippen LogP contribution >= 0.6 is 11.3 Å². The number of methoxy groups -OCH3 is 2. The fraction of sp³-hybridized carbons (Fsp3) is 0.409. The molecule has 1 aliphatic heterocycles. The number of ether oxygens (including phenoxy) is 2. The Morgan fingerprint density at radius 2 is 2.16 bits per heavy atom. The Morgan fingerprint density at radius 3 is 2.94 bits per heavy atom. The Hall–Kier alpha value is -3.11. The summed E-state index contributed by atoms with van der Waals surface area (Å²) < 4.78 is 10.6. The Balaban J connectivity index is 1.36. The molecule has 0 amide bonds. The van der Waals surface area contributed by atoms with Gasteiger partial charge in [0.1, 0.15) is 16.5 Å². The van der Waals surface area contributed by atoms with Crippen LogP contribution in [0, 0.1) is 0 Å². The lowest BCUT2D eigenvalue weighted by Crippen LogP contribution is -2.26. The average molecular weight is 455 g/mol. The largest absolute Gasteiger partial charge is 0.497 e. The summed E-state index contributed by atoms with van der Waals surface area (Å²) in [6, 6.07) is 11.6. The summed E-state index contributed by atoms with van der Waals surface area (Å²) in [7, 11) is 3.21. The molecule has 2 aromatic heterocycles. The highest BCUT2D eigenvalue weighted by Crippen LogP contribution is 2.26. The van der Waals surface area contributed by atoms with Crippen molar-refractivity contribution in [1.29, 1.82) is 0 Å². The molecule has 0 saturated carbocycles. The van der Waals surface area contributed by atoms with Crippen molar-refractivity contribution in [3.8, 4) is 5.75 Å². The van der Waals surface area contributed by atoms with E-state index in [1.165, 1.54) is 11.3 Å². The van der Waals surface area contributed by atoms with Gasteiger partial charge in [0.15, 0.2) is 5.82 Å². The van der Waals surface area contributed by atoms with E-state index in [9.17, 15) is 4.79 Å². The van der Waals surface area contributed by atoms with Crippen molar-refractivity contribution >= 4 is 28.1 Å². The summed E-state index contributed by atoms with van der Waals surface area (Å²) >= 11 is 1.42. The van der Waals surface area contributed by atoms with Gasteiger partial charge in [-0.15, -0.1) is 15.3 Å². The first kappa shape index (κ1) is 22.1. The van der Waals surface area contributed by atoms with Crippen molar-refractivity contribution in [2.24, 2.45) is 0 Å². The number of ketones is 1. The Kier molecular flexibility index (Phi) is 7.23. The normalized spacial score (nSPS) is 16.7. The molecule has 0 bridgehead atoms. The van der Waals surface area contributed by atoms with E-state index in [1.807, 2.05) is 36.4 Å². The van der Waals surface area contributed by atoms with Gasteiger partial charge in [-0.05, 0) is 36.2 Å². The second-order valence-corrected chi connectivity index (χ2v) is 8.65. The van der Waals surface area contributed by atoms with Crippen LogP contribution in [0.1, 0.15) is 22.9 Å². The third-order valence-electron chi connectivity index (χ3n) is 5.41. The van der Waals surface area contributed by atoms with E-state index in [1.54, 1.807) is 20.4 Å². The molecule has 1 aromatic carbocycles. The lowest BCUT2D eigenvalue weighted by molar-refractivity contribution is -0.121. The zero-order chi connectivity index (χ0) is 22.3. The molecule has 32 heavy (non-hydrogen) atoms. The summed E-state index contributed by atoms with van der Waals surface area (Å²) in [6.45, 7) is 2.02. The number of Topliss-reactive ketones (excluding diaryl/α,β-unsaturated/α-hetero) is 1. The van der Waals surface area contributed by atoms with E-state index >= 15 is 0 Å². The van der Waals surface area contributed by atoms with E-state index < -0.39 is 0 Å². The zero-order valence-corrected chi connectivity index (χ0v) is 18.9. The van der Waals surface area contributed by atoms with Crippen molar-refractivity contribution in [3.05, 3.63) is 53.2 Å². The van der Waals surface area contributed by atoms with Gasteiger partial charge in [0.25, 0.3) is 0 Å². The predicted molar refractivity (Wildman–Crippen MR) is 123 cm³/mol. The van der Waals surface area contributed by atoms with Gasteiger partial charge in [-0.2, -0.15) is 5.10 Å². The first-order valence-corrected chi connectivity index (χ1v) is 11.2. The highest BCUT2D eigenvalue weighted by molar-refractivity contribution is 7.15. The third kappa shape index (κ3) is 5.38. The third-order valence-corrected chi connectivity index (χ3v) is 6.26. The van der Waals surface area contributed by atoms with Crippen LogP contribution in [0.2, 0.25) is 0 Å². The SMILES string of the molecule is COC[C@H](C(=O)Cc1nnc(N[C@@H]2CCN(c3cccnn3)C2)s1)c1cccc(OC)c1. The molecule has 0 radical (unpaired) electrons. The van der Waals surface area contributed by atoms with Crippen molar-refractivity contribution in [1.82, 2.24) is 20.4 Å². The van der Waals surface area contributed by atoms with Crippen LogP contribution in [0.3, 0.4) is 0 Å². The van der Waals surface area contributed by atoms with Crippen LogP contribution in [-0.2, 0) is 16.0 Å². The van der Waals surface area contributed by atoms with Gasteiger partial charge in [0.2, 0.25) is 5.13 Å². The molecular weight excluding hydrogens is 428 g/mol. The van der Waals surface area contributed by atoms with Crippen LogP contribution in [0.25, 0.3) is 0 Å². The molecule has 0 unspecified atom stereocenters. The van der Waals surface area contributed by atoms with Gasteiger partial charge in [0, 0.05) is 32.4 Å². The molecule has 1 saturated heterocycles.